The predicted molar refractivity (Wildman–Crippen MR) is 90.3 cm³/mol. The van der Waals surface area contributed by atoms with Crippen molar-refractivity contribution in [2.24, 2.45) is 0 Å². The minimum absolute atomic E-state index is 0.466. The van der Waals surface area contributed by atoms with Crippen LogP contribution in [-0.4, -0.2) is 23.3 Å². The number of nitrogens with one attached hydrogen (secondary N) is 1. The van der Waals surface area contributed by atoms with Crippen molar-refractivity contribution in [2.45, 2.75) is 24.3 Å². The molecule has 0 amide bonds. The van der Waals surface area contributed by atoms with E-state index in [1.807, 2.05) is 30.2 Å². The van der Waals surface area contributed by atoms with E-state index in [1.165, 1.54) is 10.5 Å². The number of thioether (sulfide) groups is 1. The van der Waals surface area contributed by atoms with Crippen LogP contribution in [0, 0.1) is 0 Å². The molecule has 0 fully saturated rings. The summed E-state index contributed by atoms with van der Waals surface area (Å²) >= 11 is 5.41. The Morgan fingerprint density at radius 3 is 2.90 bits per heavy atom. The van der Waals surface area contributed by atoms with Gasteiger partial charge in [0.2, 0.25) is 0 Å². The minimum Gasteiger partial charge on any atom is -0.313 e. The minimum atomic E-state index is 0.466. The third kappa shape index (κ3) is 5.27. The standard InChI is InChI=1S/C16H19BrN2S/c1-2-19-15(9-13-5-4-8-18-11-13)12-20-16-7-3-6-14(17)10-16/h3-8,10-11,15,19H,2,9,12H2,1H3. The number of hydrogen-bond acceptors (Lipinski definition) is 3. The SMILES string of the molecule is CCNC(CSc1cccc(Br)c1)Cc1cccnc1. The molecule has 2 aromatic rings. The molecule has 0 saturated carbocycles. The molecule has 0 saturated heterocycles. The summed E-state index contributed by atoms with van der Waals surface area (Å²) in [4.78, 5) is 5.49. The zero-order valence-electron chi connectivity index (χ0n) is 11.6. The van der Waals surface area contributed by atoms with E-state index in [0.717, 1.165) is 23.2 Å². The Hall–Kier alpha value is -0.840. The molecule has 0 bridgehead atoms. The topological polar surface area (TPSA) is 24.9 Å². The quantitative estimate of drug-likeness (QED) is 0.759. The fourth-order valence-corrected chi connectivity index (χ4v) is 3.60. The number of hydrogen-bond donors (Lipinski definition) is 1. The van der Waals surface area contributed by atoms with E-state index >= 15 is 0 Å². The summed E-state index contributed by atoms with van der Waals surface area (Å²) in [5.41, 5.74) is 1.29. The molecule has 0 aliphatic heterocycles. The van der Waals surface area contributed by atoms with Crippen LogP contribution in [0.5, 0.6) is 0 Å². The number of likely N-dealkylation sites (N-methyl/N-ethyl adjacent to an activating group) is 1. The van der Waals surface area contributed by atoms with E-state index in [9.17, 15) is 0 Å². The number of nitrogens with zero attached hydrogens (tertiary/aromatic N) is 1. The van der Waals surface area contributed by atoms with Gasteiger partial charge < -0.3 is 5.32 Å². The van der Waals surface area contributed by atoms with E-state index < -0.39 is 0 Å². The van der Waals surface area contributed by atoms with Gasteiger partial charge in [-0.25, -0.2) is 0 Å². The second-order valence-electron chi connectivity index (χ2n) is 4.59. The summed E-state index contributed by atoms with van der Waals surface area (Å²) < 4.78 is 1.13. The highest BCUT2D eigenvalue weighted by Gasteiger charge is 2.09. The van der Waals surface area contributed by atoms with Crippen LogP contribution in [0.25, 0.3) is 0 Å². The van der Waals surface area contributed by atoms with Gasteiger partial charge in [0.05, 0.1) is 0 Å². The highest BCUT2D eigenvalue weighted by Crippen LogP contribution is 2.23. The second kappa shape index (κ2) is 8.45. The summed E-state index contributed by atoms with van der Waals surface area (Å²) in [6.07, 6.45) is 4.79. The molecule has 1 aromatic carbocycles. The summed E-state index contributed by atoms with van der Waals surface area (Å²) in [6.45, 7) is 3.14. The van der Waals surface area contributed by atoms with Gasteiger partial charge in [-0.3, -0.25) is 4.98 Å². The van der Waals surface area contributed by atoms with E-state index in [-0.39, 0.29) is 0 Å². The highest BCUT2D eigenvalue weighted by molar-refractivity contribution is 9.10. The van der Waals surface area contributed by atoms with Crippen LogP contribution in [0.2, 0.25) is 0 Å². The van der Waals surface area contributed by atoms with Gasteiger partial charge in [0.15, 0.2) is 0 Å². The van der Waals surface area contributed by atoms with Gasteiger partial charge in [-0.1, -0.05) is 35.0 Å². The first kappa shape index (κ1) is 15.5. The van der Waals surface area contributed by atoms with Gasteiger partial charge in [-0.05, 0) is 42.8 Å². The Bertz CT molecular complexity index is 519. The average Bonchev–Trinajstić information content (AvgIpc) is 2.46. The molecule has 1 heterocycles. The molecule has 0 spiro atoms. The largest absolute Gasteiger partial charge is 0.313 e. The van der Waals surface area contributed by atoms with E-state index in [4.69, 9.17) is 0 Å². The van der Waals surface area contributed by atoms with Crippen LogP contribution in [0.15, 0.2) is 58.2 Å². The van der Waals surface area contributed by atoms with E-state index in [1.54, 1.807) is 0 Å². The van der Waals surface area contributed by atoms with Gasteiger partial charge in [-0.15, -0.1) is 11.8 Å². The summed E-state index contributed by atoms with van der Waals surface area (Å²) in [5.74, 6) is 1.05. The van der Waals surface area contributed by atoms with E-state index in [0.29, 0.717) is 6.04 Å². The fraction of sp³-hybridized carbons (Fsp3) is 0.312. The third-order valence-electron chi connectivity index (χ3n) is 2.94. The lowest BCUT2D eigenvalue weighted by atomic mass is 10.1. The molecule has 0 aliphatic carbocycles. The molecule has 0 radical (unpaired) electrons. The fourth-order valence-electron chi connectivity index (χ4n) is 2.04. The number of aromatic nitrogens is 1. The molecule has 20 heavy (non-hydrogen) atoms. The molecule has 4 heteroatoms. The molecular weight excluding hydrogens is 332 g/mol. The summed E-state index contributed by atoms with van der Waals surface area (Å²) in [6, 6.07) is 13.1. The maximum atomic E-state index is 4.19. The first-order valence-corrected chi connectivity index (χ1v) is 8.56. The van der Waals surface area contributed by atoms with Gasteiger partial charge in [-0.2, -0.15) is 0 Å². The maximum absolute atomic E-state index is 4.19. The smallest absolute Gasteiger partial charge is 0.0300 e. The maximum Gasteiger partial charge on any atom is 0.0300 e. The van der Waals surface area contributed by atoms with Crippen molar-refractivity contribution in [1.82, 2.24) is 10.3 Å². The zero-order chi connectivity index (χ0) is 14.2. The van der Waals surface area contributed by atoms with Gasteiger partial charge in [0.1, 0.15) is 0 Å². The second-order valence-corrected chi connectivity index (χ2v) is 6.60. The molecular formula is C16H19BrN2S. The number of rotatable bonds is 7. The first-order valence-electron chi connectivity index (χ1n) is 6.78. The number of halogens is 1. The zero-order valence-corrected chi connectivity index (χ0v) is 14.0. The Morgan fingerprint density at radius 2 is 2.20 bits per heavy atom. The monoisotopic (exact) mass is 350 g/mol. The summed E-state index contributed by atoms with van der Waals surface area (Å²) in [5, 5.41) is 3.56. The first-order chi connectivity index (χ1) is 9.78. The molecule has 106 valence electrons. The Kier molecular flexibility index (Phi) is 6.57. The lowest BCUT2D eigenvalue weighted by Crippen LogP contribution is -2.33. The Labute approximate surface area is 133 Å². The van der Waals surface area contributed by atoms with Crippen LogP contribution in [0.3, 0.4) is 0 Å². The predicted octanol–water partition coefficient (Wildman–Crippen LogP) is 4.16. The molecule has 2 nitrogen and oxygen atoms in total. The Morgan fingerprint density at radius 1 is 1.30 bits per heavy atom. The highest BCUT2D eigenvalue weighted by atomic mass is 79.9. The summed E-state index contributed by atoms with van der Waals surface area (Å²) in [7, 11) is 0. The number of benzene rings is 1. The van der Waals surface area contributed by atoms with Crippen LogP contribution in [0.4, 0.5) is 0 Å². The van der Waals surface area contributed by atoms with Crippen molar-refractivity contribution in [3.8, 4) is 0 Å². The van der Waals surface area contributed by atoms with Crippen LogP contribution in [-0.2, 0) is 6.42 Å². The van der Waals surface area contributed by atoms with Crippen molar-refractivity contribution in [3.05, 3.63) is 58.8 Å². The Balaban J connectivity index is 1.92. The molecule has 1 unspecified atom stereocenters. The number of pyridine rings is 1. The third-order valence-corrected chi connectivity index (χ3v) is 4.59. The molecule has 0 aliphatic rings. The van der Waals surface area contributed by atoms with Crippen LogP contribution >= 0.6 is 27.7 Å². The van der Waals surface area contributed by atoms with Crippen LogP contribution in [0.1, 0.15) is 12.5 Å². The molecule has 1 aromatic heterocycles. The lowest BCUT2D eigenvalue weighted by molar-refractivity contribution is 0.572. The van der Waals surface area contributed by atoms with Crippen molar-refractivity contribution in [1.29, 1.82) is 0 Å². The van der Waals surface area contributed by atoms with Crippen molar-refractivity contribution in [2.75, 3.05) is 12.3 Å². The van der Waals surface area contributed by atoms with Gasteiger partial charge >= 0.3 is 0 Å². The van der Waals surface area contributed by atoms with Crippen molar-refractivity contribution >= 4 is 27.7 Å². The van der Waals surface area contributed by atoms with E-state index in [2.05, 4.69) is 63.5 Å². The van der Waals surface area contributed by atoms with Crippen molar-refractivity contribution < 1.29 is 0 Å². The van der Waals surface area contributed by atoms with Crippen LogP contribution < -0.4 is 5.32 Å². The molecule has 1 N–H and O–H groups in total. The average molecular weight is 351 g/mol. The normalized spacial score (nSPS) is 12.3. The lowest BCUT2D eigenvalue weighted by Gasteiger charge is -2.17. The molecule has 2 rings (SSSR count). The molecule has 1 atom stereocenters. The van der Waals surface area contributed by atoms with Gasteiger partial charge in [0.25, 0.3) is 0 Å². The van der Waals surface area contributed by atoms with Crippen molar-refractivity contribution in [3.63, 3.8) is 0 Å². The van der Waals surface area contributed by atoms with Gasteiger partial charge in [0, 0.05) is 33.6 Å².